The van der Waals surface area contributed by atoms with Crippen LogP contribution in [0, 0.1) is 0 Å². The highest BCUT2D eigenvalue weighted by molar-refractivity contribution is 6.21. The van der Waals surface area contributed by atoms with Gasteiger partial charge in [0.1, 0.15) is 17.5 Å². The molecule has 3 amide bonds. The van der Waals surface area contributed by atoms with Crippen LogP contribution in [-0.4, -0.2) is 30.2 Å². The minimum Gasteiger partial charge on any atom is -0.508 e. The minimum atomic E-state index is -0.627. The first kappa shape index (κ1) is 14.9. The number of phenolic OH excluding ortho intramolecular Hbond substituents is 1. The van der Waals surface area contributed by atoms with Gasteiger partial charge in [-0.15, -0.1) is 0 Å². The molecule has 1 heterocycles. The van der Waals surface area contributed by atoms with Crippen molar-refractivity contribution in [2.45, 2.75) is 12.5 Å². The van der Waals surface area contributed by atoms with Crippen molar-refractivity contribution in [1.29, 1.82) is 0 Å². The van der Waals surface area contributed by atoms with E-state index in [9.17, 15) is 14.7 Å². The van der Waals surface area contributed by atoms with Crippen LogP contribution in [-0.2, 0) is 11.2 Å². The number of ether oxygens (including phenoxy) is 1. The molecule has 1 aliphatic heterocycles. The van der Waals surface area contributed by atoms with Crippen LogP contribution < -0.4 is 15.0 Å². The third-order valence-corrected chi connectivity index (χ3v) is 3.71. The standard InChI is InChI=1S/C17H16N2O4/c1-23-14-4-2-3-12(10-14)19-16(21)15(18-17(19)22)9-11-5-7-13(20)8-6-11/h2-8,10,15,20H,9H2,1H3,(H,18,22). The highest BCUT2D eigenvalue weighted by Crippen LogP contribution is 2.25. The summed E-state index contributed by atoms with van der Waals surface area (Å²) in [5, 5.41) is 12.0. The number of phenols is 1. The van der Waals surface area contributed by atoms with Crippen LogP contribution in [0.25, 0.3) is 0 Å². The summed E-state index contributed by atoms with van der Waals surface area (Å²) in [5.41, 5.74) is 1.33. The Morgan fingerprint density at radius 2 is 1.91 bits per heavy atom. The molecule has 0 saturated carbocycles. The Morgan fingerprint density at radius 3 is 2.61 bits per heavy atom. The quantitative estimate of drug-likeness (QED) is 0.847. The molecule has 2 aromatic rings. The minimum absolute atomic E-state index is 0.161. The van der Waals surface area contributed by atoms with Crippen LogP contribution in [0.2, 0.25) is 0 Å². The van der Waals surface area contributed by atoms with Crippen molar-refractivity contribution >= 4 is 17.6 Å². The van der Waals surface area contributed by atoms with E-state index in [1.807, 2.05) is 0 Å². The molecule has 2 N–H and O–H groups in total. The number of nitrogens with one attached hydrogen (secondary N) is 1. The third-order valence-electron chi connectivity index (χ3n) is 3.71. The summed E-state index contributed by atoms with van der Waals surface area (Å²) in [7, 11) is 1.53. The zero-order valence-corrected chi connectivity index (χ0v) is 12.5. The third kappa shape index (κ3) is 2.96. The fourth-order valence-corrected chi connectivity index (χ4v) is 2.53. The van der Waals surface area contributed by atoms with Crippen LogP contribution in [0.3, 0.4) is 0 Å². The van der Waals surface area contributed by atoms with Gasteiger partial charge in [0, 0.05) is 12.5 Å². The highest BCUT2D eigenvalue weighted by atomic mass is 16.5. The Bertz CT molecular complexity index is 743. The summed E-state index contributed by atoms with van der Waals surface area (Å²) >= 11 is 0. The lowest BCUT2D eigenvalue weighted by Gasteiger charge is -2.14. The van der Waals surface area contributed by atoms with Crippen molar-refractivity contribution in [3.05, 3.63) is 54.1 Å². The Labute approximate surface area is 133 Å². The zero-order chi connectivity index (χ0) is 16.4. The Kier molecular flexibility index (Phi) is 3.89. The summed E-state index contributed by atoms with van der Waals surface area (Å²) in [6, 6.07) is 12.3. The first-order valence-electron chi connectivity index (χ1n) is 7.15. The number of imide groups is 1. The zero-order valence-electron chi connectivity index (χ0n) is 12.5. The number of aromatic hydroxyl groups is 1. The maximum absolute atomic E-state index is 12.5. The smallest absolute Gasteiger partial charge is 0.329 e. The van der Waals surface area contributed by atoms with Gasteiger partial charge in [0.15, 0.2) is 0 Å². The second-order valence-corrected chi connectivity index (χ2v) is 5.25. The summed E-state index contributed by atoms with van der Waals surface area (Å²) in [5.74, 6) is 0.426. The molecule has 0 spiro atoms. The Hall–Kier alpha value is -3.02. The molecule has 0 aromatic heterocycles. The van der Waals surface area contributed by atoms with Crippen LogP contribution in [0.5, 0.6) is 11.5 Å². The number of carbonyl (C=O) groups is 2. The molecular formula is C17H16N2O4. The number of carbonyl (C=O) groups excluding carboxylic acids is 2. The van der Waals surface area contributed by atoms with Crippen LogP contribution in [0.15, 0.2) is 48.5 Å². The Balaban J connectivity index is 1.80. The lowest BCUT2D eigenvalue weighted by Crippen LogP contribution is -2.32. The van der Waals surface area contributed by atoms with Crippen LogP contribution in [0.1, 0.15) is 5.56 Å². The SMILES string of the molecule is COc1cccc(N2C(=O)NC(Cc3ccc(O)cc3)C2=O)c1. The number of urea groups is 1. The molecule has 6 heteroatoms. The van der Waals surface area contributed by atoms with Crippen molar-refractivity contribution in [2.24, 2.45) is 0 Å². The topological polar surface area (TPSA) is 78.9 Å². The number of hydrogen-bond acceptors (Lipinski definition) is 4. The lowest BCUT2D eigenvalue weighted by atomic mass is 10.1. The number of amides is 3. The number of anilines is 1. The number of nitrogens with zero attached hydrogens (tertiary/aromatic N) is 1. The van der Waals surface area contributed by atoms with E-state index in [0.717, 1.165) is 10.5 Å². The van der Waals surface area contributed by atoms with Gasteiger partial charge in [-0.25, -0.2) is 9.69 Å². The van der Waals surface area contributed by atoms with E-state index in [-0.39, 0.29) is 11.7 Å². The van der Waals surface area contributed by atoms with Gasteiger partial charge in [0.2, 0.25) is 0 Å². The highest BCUT2D eigenvalue weighted by Gasteiger charge is 2.39. The molecular weight excluding hydrogens is 296 g/mol. The summed E-state index contributed by atoms with van der Waals surface area (Å²) in [4.78, 5) is 25.8. The molecule has 1 saturated heterocycles. The van der Waals surface area contributed by atoms with E-state index < -0.39 is 12.1 Å². The lowest BCUT2D eigenvalue weighted by molar-refractivity contribution is -0.118. The van der Waals surface area contributed by atoms with E-state index in [0.29, 0.717) is 17.9 Å². The second kappa shape index (κ2) is 6.00. The van der Waals surface area contributed by atoms with E-state index in [1.165, 1.54) is 7.11 Å². The summed E-state index contributed by atoms with van der Waals surface area (Å²) < 4.78 is 5.13. The molecule has 2 aromatic carbocycles. The summed E-state index contributed by atoms with van der Waals surface area (Å²) in [6.07, 6.45) is 0.366. The monoisotopic (exact) mass is 312 g/mol. The number of hydrogen-bond donors (Lipinski definition) is 2. The van der Waals surface area contributed by atoms with Crippen molar-refractivity contribution in [2.75, 3.05) is 12.0 Å². The van der Waals surface area contributed by atoms with Gasteiger partial charge in [0.05, 0.1) is 12.8 Å². The predicted octanol–water partition coefficient (Wildman–Crippen LogP) is 2.07. The molecule has 0 aliphatic carbocycles. The largest absolute Gasteiger partial charge is 0.508 e. The van der Waals surface area contributed by atoms with Crippen molar-refractivity contribution < 1.29 is 19.4 Å². The van der Waals surface area contributed by atoms with E-state index in [4.69, 9.17) is 4.74 Å². The van der Waals surface area contributed by atoms with Gasteiger partial charge in [-0.1, -0.05) is 18.2 Å². The van der Waals surface area contributed by atoms with E-state index >= 15 is 0 Å². The molecule has 1 unspecified atom stereocenters. The molecule has 118 valence electrons. The number of methoxy groups -OCH3 is 1. The molecule has 1 atom stereocenters. The first-order valence-corrected chi connectivity index (χ1v) is 7.15. The fourth-order valence-electron chi connectivity index (χ4n) is 2.53. The van der Waals surface area contributed by atoms with E-state index in [1.54, 1.807) is 48.5 Å². The van der Waals surface area contributed by atoms with Crippen LogP contribution in [0.4, 0.5) is 10.5 Å². The predicted molar refractivity (Wildman–Crippen MR) is 84.6 cm³/mol. The van der Waals surface area contributed by atoms with Gasteiger partial charge < -0.3 is 15.2 Å². The first-order chi connectivity index (χ1) is 11.1. The maximum atomic E-state index is 12.5. The van der Waals surface area contributed by atoms with Gasteiger partial charge in [-0.3, -0.25) is 4.79 Å². The Morgan fingerprint density at radius 1 is 1.17 bits per heavy atom. The van der Waals surface area contributed by atoms with Gasteiger partial charge in [-0.05, 0) is 29.8 Å². The fraction of sp³-hybridized carbons (Fsp3) is 0.176. The molecule has 23 heavy (non-hydrogen) atoms. The second-order valence-electron chi connectivity index (χ2n) is 5.25. The van der Waals surface area contributed by atoms with Crippen molar-refractivity contribution in [3.8, 4) is 11.5 Å². The maximum Gasteiger partial charge on any atom is 0.329 e. The molecule has 0 radical (unpaired) electrons. The van der Waals surface area contributed by atoms with Crippen molar-refractivity contribution in [1.82, 2.24) is 5.32 Å². The molecule has 1 aliphatic rings. The van der Waals surface area contributed by atoms with E-state index in [2.05, 4.69) is 5.32 Å². The number of benzene rings is 2. The average molecular weight is 312 g/mol. The van der Waals surface area contributed by atoms with Gasteiger partial charge >= 0.3 is 6.03 Å². The normalized spacial score (nSPS) is 17.3. The van der Waals surface area contributed by atoms with Gasteiger partial charge in [0.25, 0.3) is 5.91 Å². The average Bonchev–Trinajstić information content (AvgIpc) is 2.83. The molecule has 6 nitrogen and oxygen atoms in total. The molecule has 0 bridgehead atoms. The molecule has 1 fully saturated rings. The number of rotatable bonds is 4. The van der Waals surface area contributed by atoms with Crippen LogP contribution >= 0.6 is 0 Å². The molecule has 3 rings (SSSR count). The van der Waals surface area contributed by atoms with Crippen molar-refractivity contribution in [3.63, 3.8) is 0 Å². The summed E-state index contributed by atoms with van der Waals surface area (Å²) in [6.45, 7) is 0. The van der Waals surface area contributed by atoms with Gasteiger partial charge in [-0.2, -0.15) is 0 Å².